The summed E-state index contributed by atoms with van der Waals surface area (Å²) in [4.78, 5) is 11.6. The van der Waals surface area contributed by atoms with Crippen molar-refractivity contribution in [1.29, 1.82) is 0 Å². The average Bonchev–Trinajstić information content (AvgIpc) is 2.76. The summed E-state index contributed by atoms with van der Waals surface area (Å²) in [5.41, 5.74) is 0. The van der Waals surface area contributed by atoms with Gasteiger partial charge in [0.2, 0.25) is 0 Å². The van der Waals surface area contributed by atoms with Crippen LogP contribution in [0.2, 0.25) is 0 Å². The van der Waals surface area contributed by atoms with Crippen LogP contribution in [-0.2, 0) is 4.74 Å². The molecule has 1 heterocycles. The molecule has 0 spiro atoms. The minimum atomic E-state index is -0.0711. The highest BCUT2D eigenvalue weighted by Crippen LogP contribution is 2.16. The molecule has 1 saturated heterocycles. The van der Waals surface area contributed by atoms with Crippen LogP contribution in [0, 0.1) is 0 Å². The Balaban J connectivity index is 1.49. The van der Waals surface area contributed by atoms with E-state index in [4.69, 9.17) is 4.74 Å². The van der Waals surface area contributed by atoms with Crippen molar-refractivity contribution < 1.29 is 9.53 Å². The van der Waals surface area contributed by atoms with Crippen molar-refractivity contribution in [3.05, 3.63) is 0 Å². The summed E-state index contributed by atoms with van der Waals surface area (Å²) >= 11 is 0. The van der Waals surface area contributed by atoms with Crippen molar-refractivity contribution >= 4 is 6.03 Å². The summed E-state index contributed by atoms with van der Waals surface area (Å²) in [5, 5.41) is 9.36. The van der Waals surface area contributed by atoms with Crippen molar-refractivity contribution in [3.63, 3.8) is 0 Å². The van der Waals surface area contributed by atoms with E-state index in [2.05, 4.69) is 16.0 Å². The third kappa shape index (κ3) is 5.78. The van der Waals surface area contributed by atoms with Crippen LogP contribution in [0.25, 0.3) is 0 Å². The highest BCUT2D eigenvalue weighted by atomic mass is 16.5. The molecule has 2 amide bonds. The number of nitrogens with one attached hydrogen (secondary N) is 3. The van der Waals surface area contributed by atoms with Gasteiger partial charge in [-0.15, -0.1) is 0 Å². The molecular weight excluding hydrogens is 242 g/mol. The summed E-state index contributed by atoms with van der Waals surface area (Å²) in [6.45, 7) is 2.96. The first-order valence-electron chi connectivity index (χ1n) is 7.70. The molecule has 0 aromatic carbocycles. The molecule has 1 saturated carbocycles. The summed E-state index contributed by atoms with van der Waals surface area (Å²) in [6.07, 6.45) is 8.93. The van der Waals surface area contributed by atoms with Crippen LogP contribution in [0.15, 0.2) is 0 Å². The molecule has 0 aromatic rings. The Morgan fingerprint density at radius 2 is 1.79 bits per heavy atom. The molecule has 0 bridgehead atoms. The van der Waals surface area contributed by atoms with Crippen LogP contribution in [0.4, 0.5) is 4.79 Å². The van der Waals surface area contributed by atoms with Gasteiger partial charge in [0.15, 0.2) is 0 Å². The Hall–Kier alpha value is -0.810. The van der Waals surface area contributed by atoms with E-state index in [0.29, 0.717) is 19.2 Å². The molecule has 0 aromatic heterocycles. The molecule has 19 heavy (non-hydrogen) atoms. The molecule has 3 N–H and O–H groups in total. The predicted molar refractivity (Wildman–Crippen MR) is 75.3 cm³/mol. The quantitative estimate of drug-likeness (QED) is 0.522. The number of hydrogen-bond donors (Lipinski definition) is 3. The van der Waals surface area contributed by atoms with Gasteiger partial charge >= 0.3 is 6.03 Å². The maximum Gasteiger partial charge on any atom is 0.315 e. The third-order valence-electron chi connectivity index (χ3n) is 3.96. The molecule has 5 nitrogen and oxygen atoms in total. The first-order valence-corrected chi connectivity index (χ1v) is 7.70. The number of urea groups is 1. The van der Waals surface area contributed by atoms with Crippen molar-refractivity contribution in [2.45, 2.75) is 57.0 Å². The fraction of sp³-hybridized carbons (Fsp3) is 0.929. The predicted octanol–water partition coefficient (Wildman–Crippen LogP) is 1.39. The lowest BCUT2D eigenvalue weighted by Crippen LogP contribution is -2.45. The van der Waals surface area contributed by atoms with Crippen molar-refractivity contribution in [2.75, 3.05) is 26.3 Å². The monoisotopic (exact) mass is 269 g/mol. The van der Waals surface area contributed by atoms with Crippen LogP contribution in [0.5, 0.6) is 0 Å². The van der Waals surface area contributed by atoms with Crippen molar-refractivity contribution in [2.24, 2.45) is 0 Å². The maximum atomic E-state index is 11.6. The standard InChI is InChI=1S/C14H27N3O2/c18-14(17-13-7-10-19-11-13)16-9-8-15-12-5-3-1-2-4-6-12/h12-13,15H,1-11H2,(H2,16,17,18). The van der Waals surface area contributed by atoms with Gasteiger partial charge in [0.05, 0.1) is 12.6 Å². The van der Waals surface area contributed by atoms with Gasteiger partial charge in [0, 0.05) is 25.7 Å². The lowest BCUT2D eigenvalue weighted by atomic mass is 10.1. The molecule has 1 aliphatic carbocycles. The number of hydrogen-bond acceptors (Lipinski definition) is 3. The molecule has 2 rings (SSSR count). The minimum Gasteiger partial charge on any atom is -0.379 e. The van der Waals surface area contributed by atoms with Gasteiger partial charge in [-0.3, -0.25) is 0 Å². The topological polar surface area (TPSA) is 62.4 Å². The van der Waals surface area contributed by atoms with Gasteiger partial charge in [-0.1, -0.05) is 25.7 Å². The lowest BCUT2D eigenvalue weighted by Gasteiger charge is -2.17. The van der Waals surface area contributed by atoms with E-state index in [1.807, 2.05) is 0 Å². The van der Waals surface area contributed by atoms with Crippen LogP contribution < -0.4 is 16.0 Å². The Kier molecular flexibility index (Phi) is 6.44. The Morgan fingerprint density at radius 1 is 1.00 bits per heavy atom. The molecule has 2 aliphatic rings. The summed E-state index contributed by atoms with van der Waals surface area (Å²) in [6, 6.07) is 0.767. The average molecular weight is 269 g/mol. The molecule has 1 atom stereocenters. The number of ether oxygens (including phenoxy) is 1. The van der Waals surface area contributed by atoms with Gasteiger partial charge in [-0.25, -0.2) is 4.79 Å². The van der Waals surface area contributed by atoms with E-state index in [1.165, 1.54) is 38.5 Å². The van der Waals surface area contributed by atoms with E-state index in [0.717, 1.165) is 19.6 Å². The molecule has 110 valence electrons. The highest BCUT2D eigenvalue weighted by molar-refractivity contribution is 5.74. The Labute approximate surface area is 115 Å². The summed E-state index contributed by atoms with van der Waals surface area (Å²) in [5.74, 6) is 0. The SMILES string of the molecule is O=C(NCCNC1CCCCCC1)NC1CCOC1. The fourth-order valence-corrected chi connectivity index (χ4v) is 2.82. The maximum absolute atomic E-state index is 11.6. The third-order valence-corrected chi connectivity index (χ3v) is 3.96. The number of carbonyl (C=O) groups is 1. The smallest absolute Gasteiger partial charge is 0.315 e. The van der Waals surface area contributed by atoms with Gasteiger partial charge < -0.3 is 20.7 Å². The molecule has 2 fully saturated rings. The zero-order valence-electron chi connectivity index (χ0n) is 11.7. The van der Waals surface area contributed by atoms with Gasteiger partial charge in [-0.05, 0) is 19.3 Å². The number of amides is 2. The van der Waals surface area contributed by atoms with E-state index in [1.54, 1.807) is 0 Å². The Bertz CT molecular complexity index is 259. The fourth-order valence-electron chi connectivity index (χ4n) is 2.82. The van der Waals surface area contributed by atoms with E-state index < -0.39 is 0 Å². The van der Waals surface area contributed by atoms with Crippen LogP contribution >= 0.6 is 0 Å². The summed E-state index contributed by atoms with van der Waals surface area (Å²) < 4.78 is 5.22. The van der Waals surface area contributed by atoms with Gasteiger partial charge in [0.1, 0.15) is 0 Å². The molecule has 1 unspecified atom stereocenters. The zero-order valence-corrected chi connectivity index (χ0v) is 11.7. The van der Waals surface area contributed by atoms with E-state index in [9.17, 15) is 4.79 Å². The van der Waals surface area contributed by atoms with Crippen molar-refractivity contribution in [3.8, 4) is 0 Å². The summed E-state index contributed by atoms with van der Waals surface area (Å²) in [7, 11) is 0. The van der Waals surface area contributed by atoms with Gasteiger partial charge in [-0.2, -0.15) is 0 Å². The second-order valence-corrected chi connectivity index (χ2v) is 5.60. The minimum absolute atomic E-state index is 0.0711. The van der Waals surface area contributed by atoms with Crippen molar-refractivity contribution in [1.82, 2.24) is 16.0 Å². The number of carbonyl (C=O) groups excluding carboxylic acids is 1. The highest BCUT2D eigenvalue weighted by Gasteiger charge is 2.17. The zero-order chi connectivity index (χ0) is 13.3. The first-order chi connectivity index (χ1) is 9.34. The molecule has 0 radical (unpaired) electrons. The molecule has 5 heteroatoms. The van der Waals surface area contributed by atoms with E-state index >= 15 is 0 Å². The normalized spacial score (nSPS) is 24.9. The second-order valence-electron chi connectivity index (χ2n) is 5.60. The van der Waals surface area contributed by atoms with E-state index in [-0.39, 0.29) is 12.1 Å². The molecular formula is C14H27N3O2. The van der Waals surface area contributed by atoms with Crippen LogP contribution in [0.3, 0.4) is 0 Å². The second kappa shape index (κ2) is 8.38. The number of rotatable bonds is 5. The van der Waals surface area contributed by atoms with Crippen LogP contribution in [-0.4, -0.2) is 44.4 Å². The van der Waals surface area contributed by atoms with Gasteiger partial charge in [0.25, 0.3) is 0 Å². The van der Waals surface area contributed by atoms with Crippen LogP contribution in [0.1, 0.15) is 44.9 Å². The first kappa shape index (κ1) is 14.6. The lowest BCUT2D eigenvalue weighted by molar-refractivity contribution is 0.188. The Morgan fingerprint density at radius 3 is 2.47 bits per heavy atom. The largest absolute Gasteiger partial charge is 0.379 e. The molecule has 1 aliphatic heterocycles.